The molecule has 3 aromatic rings. The van der Waals surface area contributed by atoms with Gasteiger partial charge in [-0.15, -0.1) is 0 Å². The van der Waals surface area contributed by atoms with Gasteiger partial charge in [-0.3, -0.25) is 14.8 Å². The molecule has 0 bridgehead atoms. The highest BCUT2D eigenvalue weighted by Gasteiger charge is 2.20. The molecule has 150 valence electrons. The van der Waals surface area contributed by atoms with Gasteiger partial charge in [-0.2, -0.15) is 0 Å². The first-order valence-electron chi connectivity index (χ1n) is 9.96. The van der Waals surface area contributed by atoms with E-state index in [0.29, 0.717) is 18.5 Å². The molecular formula is C25H23N3O2. The van der Waals surface area contributed by atoms with E-state index in [1.807, 2.05) is 60.7 Å². The van der Waals surface area contributed by atoms with Gasteiger partial charge in [-0.25, -0.2) is 0 Å². The van der Waals surface area contributed by atoms with E-state index in [2.05, 4.69) is 27.4 Å². The van der Waals surface area contributed by atoms with E-state index in [1.165, 1.54) is 0 Å². The third-order valence-electron chi connectivity index (χ3n) is 5.06. The lowest BCUT2D eigenvalue weighted by Crippen LogP contribution is -2.39. The van der Waals surface area contributed by atoms with Crippen LogP contribution in [0.1, 0.15) is 27.2 Å². The monoisotopic (exact) mass is 397 g/mol. The minimum absolute atomic E-state index is 0.163. The van der Waals surface area contributed by atoms with E-state index in [9.17, 15) is 9.90 Å². The van der Waals surface area contributed by atoms with Gasteiger partial charge in [-0.05, 0) is 35.4 Å². The Morgan fingerprint density at radius 1 is 1.00 bits per heavy atom. The molecule has 30 heavy (non-hydrogen) atoms. The summed E-state index contributed by atoms with van der Waals surface area (Å²) in [4.78, 5) is 21.9. The number of allylic oxidation sites excluding steroid dienone is 1. The lowest BCUT2D eigenvalue weighted by molar-refractivity contribution is 0.0916. The summed E-state index contributed by atoms with van der Waals surface area (Å²) in [7, 11) is 0. The number of hydrogen-bond donors (Lipinski definition) is 2. The second-order valence-electron chi connectivity index (χ2n) is 7.16. The van der Waals surface area contributed by atoms with Crippen LogP contribution in [-0.2, 0) is 6.42 Å². The van der Waals surface area contributed by atoms with E-state index in [1.54, 1.807) is 12.3 Å². The summed E-state index contributed by atoms with van der Waals surface area (Å²) in [5, 5.41) is 12.7. The Hall–Kier alpha value is -3.57. The third kappa shape index (κ3) is 4.53. The predicted octanol–water partition coefficient (Wildman–Crippen LogP) is 3.30. The molecule has 1 aromatic heterocycles. The SMILES string of the molecule is O=C(N[C@@H](CO)Cc1ccccn1)c1ccccc1C1=NCC(c2ccccc2)=C1. The van der Waals surface area contributed by atoms with Crippen molar-refractivity contribution in [2.75, 3.05) is 13.2 Å². The van der Waals surface area contributed by atoms with Crippen LogP contribution in [0.2, 0.25) is 0 Å². The Labute approximate surface area is 175 Å². The molecule has 0 fully saturated rings. The number of aliphatic imine (C=N–C) groups is 1. The zero-order valence-corrected chi connectivity index (χ0v) is 16.5. The van der Waals surface area contributed by atoms with Gasteiger partial charge >= 0.3 is 0 Å². The first-order valence-corrected chi connectivity index (χ1v) is 9.96. The lowest BCUT2D eigenvalue weighted by atomic mass is 9.99. The maximum atomic E-state index is 13.0. The van der Waals surface area contributed by atoms with Crippen LogP contribution >= 0.6 is 0 Å². The third-order valence-corrected chi connectivity index (χ3v) is 5.06. The van der Waals surface area contributed by atoms with Gasteiger partial charge < -0.3 is 10.4 Å². The Morgan fingerprint density at radius 2 is 1.77 bits per heavy atom. The number of carbonyl (C=O) groups excluding carboxylic acids is 1. The average Bonchev–Trinajstić information content (AvgIpc) is 3.30. The fourth-order valence-electron chi connectivity index (χ4n) is 3.52. The van der Waals surface area contributed by atoms with Crippen LogP contribution in [0.15, 0.2) is 90.1 Å². The molecule has 0 unspecified atom stereocenters. The van der Waals surface area contributed by atoms with Crippen molar-refractivity contribution in [3.63, 3.8) is 0 Å². The number of hydrogen-bond acceptors (Lipinski definition) is 4. The number of aliphatic hydroxyl groups is 1. The quantitative estimate of drug-likeness (QED) is 0.642. The molecule has 0 radical (unpaired) electrons. The average molecular weight is 397 g/mol. The zero-order valence-electron chi connectivity index (χ0n) is 16.5. The number of benzene rings is 2. The number of nitrogens with one attached hydrogen (secondary N) is 1. The lowest BCUT2D eigenvalue weighted by Gasteiger charge is -2.17. The van der Waals surface area contributed by atoms with Crippen molar-refractivity contribution < 1.29 is 9.90 Å². The molecule has 1 aliphatic heterocycles. The van der Waals surface area contributed by atoms with Gasteiger partial charge in [0.1, 0.15) is 0 Å². The van der Waals surface area contributed by atoms with E-state index in [4.69, 9.17) is 0 Å². The second kappa shape index (κ2) is 9.29. The van der Waals surface area contributed by atoms with E-state index in [0.717, 1.165) is 28.1 Å². The van der Waals surface area contributed by atoms with Gasteiger partial charge in [0.2, 0.25) is 0 Å². The summed E-state index contributed by atoms with van der Waals surface area (Å²) in [6.45, 7) is 0.428. The second-order valence-corrected chi connectivity index (χ2v) is 7.16. The summed E-state index contributed by atoms with van der Waals surface area (Å²) in [6, 6.07) is 22.8. The molecule has 2 heterocycles. The van der Waals surface area contributed by atoms with Crippen LogP contribution < -0.4 is 5.32 Å². The predicted molar refractivity (Wildman–Crippen MR) is 119 cm³/mol. The van der Waals surface area contributed by atoms with Crippen LogP contribution in [0.3, 0.4) is 0 Å². The molecule has 1 amide bonds. The molecule has 0 spiro atoms. The molecule has 0 saturated heterocycles. The summed E-state index contributed by atoms with van der Waals surface area (Å²) in [5.41, 5.74) is 5.21. The van der Waals surface area contributed by atoms with Crippen molar-refractivity contribution in [1.82, 2.24) is 10.3 Å². The first kappa shape index (κ1) is 19.7. The maximum absolute atomic E-state index is 13.0. The summed E-state index contributed by atoms with van der Waals surface area (Å²) in [6.07, 6.45) is 4.21. The minimum Gasteiger partial charge on any atom is -0.394 e. The number of nitrogens with zero attached hydrogens (tertiary/aromatic N) is 2. The van der Waals surface area contributed by atoms with Crippen molar-refractivity contribution in [3.05, 3.63) is 107 Å². The van der Waals surface area contributed by atoms with Crippen molar-refractivity contribution >= 4 is 17.2 Å². The van der Waals surface area contributed by atoms with E-state index in [-0.39, 0.29) is 12.5 Å². The highest BCUT2D eigenvalue weighted by atomic mass is 16.3. The molecule has 1 atom stereocenters. The van der Waals surface area contributed by atoms with Crippen LogP contribution in [-0.4, -0.2) is 40.9 Å². The smallest absolute Gasteiger partial charge is 0.252 e. The molecule has 5 nitrogen and oxygen atoms in total. The summed E-state index contributed by atoms with van der Waals surface area (Å²) >= 11 is 0. The number of rotatable bonds is 7. The molecular weight excluding hydrogens is 374 g/mol. The van der Waals surface area contributed by atoms with Gasteiger partial charge in [0.15, 0.2) is 0 Å². The highest BCUT2D eigenvalue weighted by molar-refractivity contribution is 6.19. The molecule has 0 saturated carbocycles. The van der Waals surface area contributed by atoms with E-state index >= 15 is 0 Å². The van der Waals surface area contributed by atoms with Crippen molar-refractivity contribution in [3.8, 4) is 0 Å². The fourth-order valence-corrected chi connectivity index (χ4v) is 3.52. The van der Waals surface area contributed by atoms with Gasteiger partial charge in [0.05, 0.1) is 24.9 Å². The molecule has 0 aliphatic carbocycles. The van der Waals surface area contributed by atoms with E-state index < -0.39 is 6.04 Å². The van der Waals surface area contributed by atoms with Crippen molar-refractivity contribution in [2.45, 2.75) is 12.5 Å². The summed E-state index contributed by atoms with van der Waals surface area (Å²) in [5.74, 6) is -0.232. The first-order chi connectivity index (χ1) is 14.7. The van der Waals surface area contributed by atoms with Crippen molar-refractivity contribution in [1.29, 1.82) is 0 Å². The van der Waals surface area contributed by atoms with Crippen molar-refractivity contribution in [2.24, 2.45) is 4.99 Å². The molecule has 5 heteroatoms. The molecule has 2 aromatic carbocycles. The number of amides is 1. The van der Waals surface area contributed by atoms with Crippen LogP contribution in [0.4, 0.5) is 0 Å². The van der Waals surface area contributed by atoms with Crippen LogP contribution in [0.25, 0.3) is 5.57 Å². The van der Waals surface area contributed by atoms with Gasteiger partial charge in [0.25, 0.3) is 5.91 Å². The number of aliphatic hydroxyl groups excluding tert-OH is 1. The van der Waals surface area contributed by atoms with Gasteiger partial charge in [0, 0.05) is 29.4 Å². The highest BCUT2D eigenvalue weighted by Crippen LogP contribution is 2.23. The fraction of sp³-hybridized carbons (Fsp3) is 0.160. The summed E-state index contributed by atoms with van der Waals surface area (Å²) < 4.78 is 0. The Morgan fingerprint density at radius 3 is 2.53 bits per heavy atom. The standard InChI is InChI=1S/C25H23N3O2/c29-17-21(15-20-10-6-7-13-26-20)28-25(30)23-12-5-4-11-22(23)24-14-19(16-27-24)18-8-2-1-3-9-18/h1-14,21,29H,15-17H2,(H,28,30)/t21-/m1/s1. The topological polar surface area (TPSA) is 74.6 Å². The minimum atomic E-state index is -0.415. The van der Waals surface area contributed by atoms with Crippen LogP contribution in [0.5, 0.6) is 0 Å². The largest absolute Gasteiger partial charge is 0.394 e. The number of pyridine rings is 1. The van der Waals surface area contributed by atoms with Crippen LogP contribution in [0, 0.1) is 0 Å². The number of aromatic nitrogens is 1. The molecule has 4 rings (SSSR count). The maximum Gasteiger partial charge on any atom is 0.252 e. The normalized spacial score (nSPS) is 14.0. The molecule has 1 aliphatic rings. The zero-order chi connectivity index (χ0) is 20.8. The Balaban J connectivity index is 1.53. The molecule has 2 N–H and O–H groups in total. The number of carbonyl (C=O) groups is 1. The van der Waals surface area contributed by atoms with Gasteiger partial charge in [-0.1, -0.05) is 54.6 Å². The Kier molecular flexibility index (Phi) is 6.11. The Bertz CT molecular complexity index is 1080.